The molecule has 0 fully saturated rings. The van der Waals surface area contributed by atoms with Gasteiger partial charge in [0.25, 0.3) is 0 Å². The quantitative estimate of drug-likeness (QED) is 0.519. The first-order valence-corrected chi connectivity index (χ1v) is 11.0. The van der Waals surface area contributed by atoms with Crippen molar-refractivity contribution in [2.45, 2.75) is 39.3 Å². The molecule has 1 heterocycles. The van der Waals surface area contributed by atoms with Gasteiger partial charge in [-0.05, 0) is 40.7 Å². The van der Waals surface area contributed by atoms with Gasteiger partial charge in [-0.1, -0.05) is 80.6 Å². The van der Waals surface area contributed by atoms with E-state index in [0.717, 1.165) is 31.2 Å². The molecule has 0 amide bonds. The van der Waals surface area contributed by atoms with E-state index in [1.54, 1.807) is 0 Å². The second-order valence-electron chi connectivity index (χ2n) is 6.81. The second kappa shape index (κ2) is 7.64. The summed E-state index contributed by atoms with van der Waals surface area (Å²) < 4.78 is 6.77. The minimum absolute atomic E-state index is 0.728. The molecule has 26 heavy (non-hydrogen) atoms. The summed E-state index contributed by atoms with van der Waals surface area (Å²) in [5.41, 5.74) is 7.07. The highest BCUT2D eigenvalue weighted by molar-refractivity contribution is 7.60. The molecule has 1 unspecified atom stereocenters. The molecule has 2 heteroatoms. The molecule has 1 aliphatic rings. The van der Waals surface area contributed by atoms with Gasteiger partial charge in [0.1, 0.15) is 13.9 Å². The van der Waals surface area contributed by atoms with Crippen LogP contribution in [0.5, 0.6) is 5.75 Å². The van der Waals surface area contributed by atoms with E-state index in [0.29, 0.717) is 0 Å². The molecule has 3 aromatic carbocycles. The van der Waals surface area contributed by atoms with E-state index in [2.05, 4.69) is 80.6 Å². The van der Waals surface area contributed by atoms with Gasteiger partial charge in [0.2, 0.25) is 0 Å². The predicted molar refractivity (Wildman–Crippen MR) is 112 cm³/mol. The maximum atomic E-state index is 6.77. The summed E-state index contributed by atoms with van der Waals surface area (Å²) >= 11 is 0. The molecule has 0 radical (unpaired) electrons. The number of benzene rings is 3. The third kappa shape index (κ3) is 3.29. The molecule has 3 aromatic rings. The van der Waals surface area contributed by atoms with Gasteiger partial charge in [-0.25, -0.2) is 0 Å². The Morgan fingerprint density at radius 1 is 0.769 bits per heavy atom. The van der Waals surface area contributed by atoms with E-state index in [9.17, 15) is 0 Å². The Labute approximate surface area is 157 Å². The molecular weight excluding hydrogens is 335 g/mol. The molecule has 0 spiro atoms. The maximum Gasteiger partial charge on any atom is 0.130 e. The van der Waals surface area contributed by atoms with Crippen LogP contribution in [0, 0.1) is 0 Å². The first kappa shape index (κ1) is 17.3. The number of hydrogen-bond acceptors (Lipinski definition) is 1. The smallest absolute Gasteiger partial charge is 0.130 e. The topological polar surface area (TPSA) is 9.23 Å². The zero-order valence-electron chi connectivity index (χ0n) is 15.5. The summed E-state index contributed by atoms with van der Waals surface area (Å²) in [6.45, 7) is 4.47. The van der Waals surface area contributed by atoms with Gasteiger partial charge in [0.05, 0.1) is 0 Å². The highest BCUT2D eigenvalue weighted by Crippen LogP contribution is 2.47. The van der Waals surface area contributed by atoms with Crippen molar-refractivity contribution in [3.63, 3.8) is 0 Å². The number of para-hydroxylation sites is 1. The average molecular weight is 360 g/mol. The van der Waals surface area contributed by atoms with Crippen molar-refractivity contribution in [1.82, 2.24) is 0 Å². The van der Waals surface area contributed by atoms with E-state index in [4.69, 9.17) is 4.52 Å². The van der Waals surface area contributed by atoms with Crippen molar-refractivity contribution >= 4 is 13.5 Å². The SMILES string of the molecule is CCc1cccc2c1CP(c1ccccc1)Oc1c(CC)cccc1C2. The van der Waals surface area contributed by atoms with Gasteiger partial charge in [-0.15, -0.1) is 0 Å². The van der Waals surface area contributed by atoms with Crippen LogP contribution in [0.15, 0.2) is 66.7 Å². The minimum Gasteiger partial charge on any atom is -0.468 e. The Morgan fingerprint density at radius 2 is 1.46 bits per heavy atom. The van der Waals surface area contributed by atoms with Crippen LogP contribution in [0.4, 0.5) is 0 Å². The van der Waals surface area contributed by atoms with Gasteiger partial charge in [-0.3, -0.25) is 0 Å². The molecule has 1 nitrogen and oxygen atoms in total. The number of fused-ring (bicyclic) bond motifs is 2. The minimum atomic E-state index is -0.728. The largest absolute Gasteiger partial charge is 0.468 e. The van der Waals surface area contributed by atoms with Crippen molar-refractivity contribution in [2.24, 2.45) is 0 Å². The summed E-state index contributed by atoms with van der Waals surface area (Å²) in [5, 5.41) is 1.32. The summed E-state index contributed by atoms with van der Waals surface area (Å²) in [5.74, 6) is 1.12. The van der Waals surface area contributed by atoms with Crippen LogP contribution >= 0.6 is 8.15 Å². The normalized spacial score (nSPS) is 16.0. The van der Waals surface area contributed by atoms with Crippen LogP contribution in [0.2, 0.25) is 0 Å². The molecule has 0 aromatic heterocycles. The van der Waals surface area contributed by atoms with E-state index >= 15 is 0 Å². The lowest BCUT2D eigenvalue weighted by Crippen LogP contribution is -2.13. The number of aryl methyl sites for hydroxylation is 2. The Kier molecular flexibility index (Phi) is 5.09. The van der Waals surface area contributed by atoms with E-state index in [1.807, 2.05) is 0 Å². The van der Waals surface area contributed by atoms with Crippen molar-refractivity contribution < 1.29 is 4.52 Å². The Bertz CT molecular complexity index is 846. The summed E-state index contributed by atoms with van der Waals surface area (Å²) in [6, 6.07) is 24.2. The molecule has 132 valence electrons. The van der Waals surface area contributed by atoms with Gasteiger partial charge in [0, 0.05) is 17.9 Å². The zero-order chi connectivity index (χ0) is 17.9. The third-order valence-electron chi connectivity index (χ3n) is 5.24. The maximum absolute atomic E-state index is 6.77. The second-order valence-corrected chi connectivity index (χ2v) is 8.58. The molecule has 0 aliphatic carbocycles. The summed E-state index contributed by atoms with van der Waals surface area (Å²) in [6.07, 6.45) is 4.03. The lowest BCUT2D eigenvalue weighted by Gasteiger charge is -2.28. The fourth-order valence-corrected chi connectivity index (χ4v) is 5.80. The van der Waals surface area contributed by atoms with Crippen molar-refractivity contribution in [3.8, 4) is 5.75 Å². The molecular formula is C24H25OP. The Hall–Kier alpha value is -2.11. The first-order valence-electron chi connectivity index (χ1n) is 9.51. The predicted octanol–water partition coefficient (Wildman–Crippen LogP) is 6.02. The molecule has 0 bridgehead atoms. The molecule has 0 saturated carbocycles. The van der Waals surface area contributed by atoms with Crippen molar-refractivity contribution in [1.29, 1.82) is 0 Å². The van der Waals surface area contributed by atoms with Crippen LogP contribution in [-0.4, -0.2) is 0 Å². The van der Waals surface area contributed by atoms with Crippen LogP contribution in [0.25, 0.3) is 0 Å². The monoisotopic (exact) mass is 360 g/mol. The van der Waals surface area contributed by atoms with E-state index < -0.39 is 8.15 Å². The van der Waals surface area contributed by atoms with Crippen molar-refractivity contribution in [3.05, 3.63) is 94.5 Å². The van der Waals surface area contributed by atoms with E-state index in [-0.39, 0.29) is 0 Å². The fourth-order valence-electron chi connectivity index (χ4n) is 3.79. The average Bonchev–Trinajstić information content (AvgIpc) is 2.68. The highest BCUT2D eigenvalue weighted by Gasteiger charge is 2.24. The van der Waals surface area contributed by atoms with Crippen LogP contribution in [0.1, 0.15) is 41.7 Å². The van der Waals surface area contributed by atoms with Gasteiger partial charge >= 0.3 is 0 Å². The highest BCUT2D eigenvalue weighted by atomic mass is 31.1. The molecule has 0 saturated heterocycles. The number of rotatable bonds is 3. The summed E-state index contributed by atoms with van der Waals surface area (Å²) in [4.78, 5) is 0. The fraction of sp³-hybridized carbons (Fsp3) is 0.250. The van der Waals surface area contributed by atoms with Crippen LogP contribution in [-0.2, 0) is 25.4 Å². The first-order chi connectivity index (χ1) is 12.8. The number of hydrogen-bond donors (Lipinski definition) is 0. The van der Waals surface area contributed by atoms with Gasteiger partial charge < -0.3 is 4.52 Å². The molecule has 1 atom stereocenters. The molecule has 4 rings (SSSR count). The van der Waals surface area contributed by atoms with Crippen LogP contribution in [0.3, 0.4) is 0 Å². The molecule has 0 N–H and O–H groups in total. The lowest BCUT2D eigenvalue weighted by molar-refractivity contribution is 0.598. The Balaban J connectivity index is 1.89. The third-order valence-corrected chi connectivity index (χ3v) is 7.12. The summed E-state index contributed by atoms with van der Waals surface area (Å²) in [7, 11) is -0.728. The Morgan fingerprint density at radius 3 is 2.19 bits per heavy atom. The van der Waals surface area contributed by atoms with Gasteiger partial charge in [0.15, 0.2) is 0 Å². The lowest BCUT2D eigenvalue weighted by atomic mass is 9.94. The zero-order valence-corrected chi connectivity index (χ0v) is 16.4. The van der Waals surface area contributed by atoms with Crippen LogP contribution < -0.4 is 9.83 Å². The standard InChI is InChI=1S/C24H25OP/c1-3-18-10-8-12-20-16-21-13-9-11-19(4-2)24(21)25-26(17-23(18)20)22-14-6-5-7-15-22/h5-15H,3-4,16-17H2,1-2H3. The van der Waals surface area contributed by atoms with E-state index in [1.165, 1.54) is 33.1 Å². The molecule has 1 aliphatic heterocycles. The van der Waals surface area contributed by atoms with Crippen molar-refractivity contribution in [2.75, 3.05) is 0 Å². The van der Waals surface area contributed by atoms with Gasteiger partial charge in [-0.2, -0.15) is 0 Å².